The quantitative estimate of drug-likeness (QED) is 0.334. The molecule has 0 bridgehead atoms. The van der Waals surface area contributed by atoms with E-state index in [1.165, 1.54) is 18.4 Å². The number of methoxy groups -OCH3 is 2. The summed E-state index contributed by atoms with van der Waals surface area (Å²) in [5.74, 6) is 1.17. The molecule has 36 heavy (non-hydrogen) atoms. The molecule has 4 aromatic rings. The highest BCUT2D eigenvalue weighted by Crippen LogP contribution is 2.26. The normalized spacial score (nSPS) is 10.9. The Kier molecular flexibility index (Phi) is 8.25. The molecule has 0 saturated carbocycles. The molecule has 0 radical (unpaired) electrons. The van der Waals surface area contributed by atoms with Gasteiger partial charge in [-0.15, -0.1) is 0 Å². The average molecular weight is 491 g/mol. The Bertz CT molecular complexity index is 1280. The van der Waals surface area contributed by atoms with E-state index in [4.69, 9.17) is 13.9 Å². The predicted molar refractivity (Wildman–Crippen MR) is 131 cm³/mol. The lowest BCUT2D eigenvalue weighted by Gasteiger charge is -2.22. The molecule has 0 aliphatic heterocycles. The second-order valence-corrected chi connectivity index (χ2v) is 8.11. The summed E-state index contributed by atoms with van der Waals surface area (Å²) in [5.41, 5.74) is 2.94. The highest BCUT2D eigenvalue weighted by atomic mass is 19.1. The van der Waals surface area contributed by atoms with E-state index < -0.39 is 0 Å². The monoisotopic (exact) mass is 490 g/mol. The zero-order valence-electron chi connectivity index (χ0n) is 20.1. The summed E-state index contributed by atoms with van der Waals surface area (Å²) in [6.07, 6.45) is 4.69. The predicted octanol–water partition coefficient (Wildman–Crippen LogP) is 4.36. The number of carbonyl (C=O) groups excluding carboxylic acids is 1. The molecule has 0 saturated heterocycles. The van der Waals surface area contributed by atoms with Crippen LogP contribution in [0, 0.1) is 5.82 Å². The smallest absolute Gasteiger partial charge is 0.273 e. The third-order valence-corrected chi connectivity index (χ3v) is 5.55. The molecule has 0 atom stereocenters. The summed E-state index contributed by atoms with van der Waals surface area (Å²) in [7, 11) is 3.22. The zero-order chi connectivity index (χ0) is 25.3. The van der Waals surface area contributed by atoms with Crippen LogP contribution in [0.3, 0.4) is 0 Å². The van der Waals surface area contributed by atoms with E-state index in [9.17, 15) is 9.18 Å². The van der Waals surface area contributed by atoms with Crippen LogP contribution in [0.15, 0.2) is 77.7 Å². The number of nitrogens with one attached hydrogen (secondary N) is 1. The molecule has 0 aliphatic carbocycles. The van der Waals surface area contributed by atoms with Gasteiger partial charge in [-0.25, -0.2) is 9.37 Å². The van der Waals surface area contributed by atoms with Gasteiger partial charge in [0.2, 0.25) is 5.89 Å². The first kappa shape index (κ1) is 24.9. The zero-order valence-corrected chi connectivity index (χ0v) is 20.1. The van der Waals surface area contributed by atoms with Crippen molar-refractivity contribution in [2.75, 3.05) is 14.2 Å². The Balaban J connectivity index is 1.50. The summed E-state index contributed by atoms with van der Waals surface area (Å²) < 4.78 is 30.0. The molecule has 0 fully saturated rings. The summed E-state index contributed by atoms with van der Waals surface area (Å²) >= 11 is 0. The number of carbonyl (C=O) groups is 1. The molecule has 8 nitrogen and oxygen atoms in total. The van der Waals surface area contributed by atoms with Gasteiger partial charge in [0, 0.05) is 37.6 Å². The van der Waals surface area contributed by atoms with Crippen molar-refractivity contribution >= 4 is 5.91 Å². The average Bonchev–Trinajstić information content (AvgIpc) is 3.37. The summed E-state index contributed by atoms with van der Waals surface area (Å²) in [5, 5.41) is 2.83. The van der Waals surface area contributed by atoms with Gasteiger partial charge in [0.15, 0.2) is 5.69 Å². The van der Waals surface area contributed by atoms with E-state index in [0.717, 1.165) is 16.7 Å². The van der Waals surface area contributed by atoms with E-state index in [1.54, 1.807) is 38.7 Å². The maximum Gasteiger partial charge on any atom is 0.273 e. The largest absolute Gasteiger partial charge is 0.497 e. The van der Waals surface area contributed by atoms with Crippen molar-refractivity contribution in [1.29, 1.82) is 0 Å². The van der Waals surface area contributed by atoms with Crippen molar-refractivity contribution in [3.8, 4) is 11.5 Å². The van der Waals surface area contributed by atoms with Gasteiger partial charge >= 0.3 is 0 Å². The number of halogens is 1. The van der Waals surface area contributed by atoms with Gasteiger partial charge in [-0.05, 0) is 53.6 Å². The van der Waals surface area contributed by atoms with E-state index in [1.807, 2.05) is 30.3 Å². The topological polar surface area (TPSA) is 89.7 Å². The molecule has 0 spiro atoms. The van der Waals surface area contributed by atoms with E-state index >= 15 is 0 Å². The van der Waals surface area contributed by atoms with Crippen molar-refractivity contribution in [3.05, 3.63) is 107 Å². The fraction of sp³-hybridized carbons (Fsp3) is 0.222. The number of ether oxygens (including phenoxy) is 2. The van der Waals surface area contributed by atoms with Crippen molar-refractivity contribution in [3.63, 3.8) is 0 Å². The number of hydrogen-bond donors (Lipinski definition) is 1. The van der Waals surface area contributed by atoms with Crippen molar-refractivity contribution < 1.29 is 23.1 Å². The Morgan fingerprint density at radius 2 is 1.75 bits per heavy atom. The van der Waals surface area contributed by atoms with Crippen molar-refractivity contribution in [2.45, 2.75) is 26.2 Å². The molecule has 1 N–H and O–H groups in total. The third kappa shape index (κ3) is 6.67. The van der Waals surface area contributed by atoms with Crippen molar-refractivity contribution in [2.24, 2.45) is 0 Å². The van der Waals surface area contributed by atoms with Crippen LogP contribution in [-0.2, 0) is 26.2 Å². The number of benzene rings is 2. The summed E-state index contributed by atoms with van der Waals surface area (Å²) in [6, 6.07) is 15.6. The van der Waals surface area contributed by atoms with Crippen LogP contribution in [0.4, 0.5) is 4.39 Å². The Hall–Kier alpha value is -4.24. The SMILES string of the molecule is COc1ccc(OC)c(CN(Cc2ccc(F)cc2)Cc2nc(C(=O)NCc3ccncc3)co2)c1. The minimum atomic E-state index is -0.332. The van der Waals surface area contributed by atoms with Crippen molar-refractivity contribution in [1.82, 2.24) is 20.2 Å². The van der Waals surface area contributed by atoms with E-state index in [-0.39, 0.29) is 17.4 Å². The summed E-state index contributed by atoms with van der Waals surface area (Å²) in [4.78, 5) is 23.0. The number of nitrogens with zero attached hydrogens (tertiary/aromatic N) is 3. The lowest BCUT2D eigenvalue weighted by Crippen LogP contribution is -2.24. The molecular weight excluding hydrogens is 463 g/mol. The molecule has 9 heteroatoms. The number of pyridine rings is 1. The lowest BCUT2D eigenvalue weighted by atomic mass is 10.1. The fourth-order valence-corrected chi connectivity index (χ4v) is 3.71. The number of amides is 1. The minimum Gasteiger partial charge on any atom is -0.497 e. The van der Waals surface area contributed by atoms with Gasteiger partial charge in [-0.3, -0.25) is 14.7 Å². The van der Waals surface area contributed by atoms with Crippen LogP contribution in [0.1, 0.15) is 33.1 Å². The maximum absolute atomic E-state index is 13.4. The van der Waals surface area contributed by atoms with Gasteiger partial charge in [0.1, 0.15) is 23.6 Å². The first-order valence-electron chi connectivity index (χ1n) is 11.3. The van der Waals surface area contributed by atoms with Gasteiger partial charge in [-0.1, -0.05) is 12.1 Å². The van der Waals surface area contributed by atoms with Gasteiger partial charge in [-0.2, -0.15) is 0 Å². The Morgan fingerprint density at radius 3 is 2.47 bits per heavy atom. The fourth-order valence-electron chi connectivity index (χ4n) is 3.71. The minimum absolute atomic E-state index is 0.194. The first-order chi connectivity index (χ1) is 17.5. The standard InChI is InChI=1S/C27H27FN4O4/c1-34-23-7-8-25(35-2)21(13-23)16-32(15-20-3-5-22(28)6-4-20)17-26-31-24(18-36-26)27(33)30-14-19-9-11-29-12-10-19/h3-13,18H,14-17H2,1-2H3,(H,30,33). The number of aromatic nitrogens is 2. The second-order valence-electron chi connectivity index (χ2n) is 8.11. The lowest BCUT2D eigenvalue weighted by molar-refractivity contribution is 0.0945. The van der Waals surface area contributed by atoms with E-state index in [0.29, 0.717) is 43.6 Å². The molecule has 1 amide bonds. The van der Waals surface area contributed by atoms with Gasteiger partial charge in [0.25, 0.3) is 5.91 Å². The number of hydrogen-bond acceptors (Lipinski definition) is 7. The number of oxazole rings is 1. The molecule has 2 heterocycles. The highest BCUT2D eigenvalue weighted by molar-refractivity contribution is 5.91. The Morgan fingerprint density at radius 1 is 0.972 bits per heavy atom. The molecule has 0 unspecified atom stereocenters. The first-order valence-corrected chi connectivity index (χ1v) is 11.3. The van der Waals surface area contributed by atoms with Crippen LogP contribution >= 0.6 is 0 Å². The van der Waals surface area contributed by atoms with Crippen LogP contribution in [-0.4, -0.2) is 35.0 Å². The van der Waals surface area contributed by atoms with Gasteiger partial charge < -0.3 is 19.2 Å². The van der Waals surface area contributed by atoms with Crippen LogP contribution in [0.2, 0.25) is 0 Å². The molecule has 2 aromatic carbocycles. The molecule has 186 valence electrons. The highest BCUT2D eigenvalue weighted by Gasteiger charge is 2.18. The third-order valence-electron chi connectivity index (χ3n) is 5.55. The Labute approximate surface area is 208 Å². The molecule has 2 aromatic heterocycles. The van der Waals surface area contributed by atoms with Crippen LogP contribution in [0.25, 0.3) is 0 Å². The van der Waals surface area contributed by atoms with E-state index in [2.05, 4.69) is 20.2 Å². The molecular formula is C27H27FN4O4. The molecule has 4 rings (SSSR count). The van der Waals surface area contributed by atoms with Crippen LogP contribution in [0.5, 0.6) is 11.5 Å². The summed E-state index contributed by atoms with van der Waals surface area (Å²) in [6.45, 7) is 1.64. The number of rotatable bonds is 11. The maximum atomic E-state index is 13.4. The second kappa shape index (κ2) is 11.9. The van der Waals surface area contributed by atoms with Gasteiger partial charge in [0.05, 0.1) is 20.8 Å². The molecule has 0 aliphatic rings. The van der Waals surface area contributed by atoms with Crippen LogP contribution < -0.4 is 14.8 Å².